The number of hydrogen-bond donors (Lipinski definition) is 3. The largest absolute Gasteiger partial charge is 0.480 e. The molecule has 4 nitrogen and oxygen atoms in total. The van der Waals surface area contributed by atoms with Gasteiger partial charge in [-0.3, -0.25) is 4.79 Å². The lowest BCUT2D eigenvalue weighted by molar-refractivity contribution is -0.143. The highest BCUT2D eigenvalue weighted by Crippen LogP contribution is 2.18. The Morgan fingerprint density at radius 2 is 1.88 bits per heavy atom. The first kappa shape index (κ1) is 13.7. The van der Waals surface area contributed by atoms with E-state index in [1.165, 1.54) is 0 Å². The molecule has 1 atom stereocenters. The second-order valence-electron chi connectivity index (χ2n) is 4.37. The minimum Gasteiger partial charge on any atom is -0.480 e. The number of rotatable bonds is 7. The van der Waals surface area contributed by atoms with Crippen molar-refractivity contribution >= 4 is 5.97 Å². The molecule has 0 aliphatic heterocycles. The van der Waals surface area contributed by atoms with Gasteiger partial charge in [-0.25, -0.2) is 0 Å². The van der Waals surface area contributed by atoms with Crippen molar-refractivity contribution in [2.45, 2.75) is 31.2 Å². The average Bonchev–Trinajstić information content (AvgIpc) is 2.30. The van der Waals surface area contributed by atoms with Crippen molar-refractivity contribution in [2.24, 2.45) is 11.5 Å². The van der Waals surface area contributed by atoms with Gasteiger partial charge in [0.05, 0.1) is 0 Å². The van der Waals surface area contributed by atoms with Gasteiger partial charge in [0.15, 0.2) is 0 Å². The van der Waals surface area contributed by atoms with Crippen LogP contribution in [0.5, 0.6) is 0 Å². The third-order valence-corrected chi connectivity index (χ3v) is 2.87. The molecule has 0 aromatic heterocycles. The van der Waals surface area contributed by atoms with Crippen LogP contribution in [0, 0.1) is 0 Å². The van der Waals surface area contributed by atoms with Crippen molar-refractivity contribution in [1.29, 1.82) is 0 Å². The van der Waals surface area contributed by atoms with Crippen molar-refractivity contribution in [3.05, 3.63) is 35.9 Å². The molecule has 1 aromatic carbocycles. The van der Waals surface area contributed by atoms with Gasteiger partial charge in [-0.2, -0.15) is 0 Å². The minimum atomic E-state index is -1.18. The SMILES string of the molecule is NCCCCC(N)(Cc1ccccc1)C(=O)O. The maximum atomic E-state index is 11.3. The van der Waals surface area contributed by atoms with Gasteiger partial charge in [0.2, 0.25) is 0 Å². The fraction of sp³-hybridized carbons (Fsp3) is 0.462. The normalized spacial score (nSPS) is 14.2. The summed E-state index contributed by atoms with van der Waals surface area (Å²) >= 11 is 0. The number of carboxylic acids is 1. The first-order valence-corrected chi connectivity index (χ1v) is 5.85. The number of benzene rings is 1. The van der Waals surface area contributed by atoms with Crippen LogP contribution in [-0.4, -0.2) is 23.2 Å². The zero-order chi connectivity index (χ0) is 12.7. The summed E-state index contributed by atoms with van der Waals surface area (Å²) in [5.41, 5.74) is 11.1. The molecule has 1 aromatic rings. The van der Waals surface area contributed by atoms with Gasteiger partial charge in [0, 0.05) is 6.42 Å². The van der Waals surface area contributed by atoms with E-state index in [9.17, 15) is 9.90 Å². The molecule has 94 valence electrons. The Morgan fingerprint density at radius 1 is 1.24 bits per heavy atom. The van der Waals surface area contributed by atoms with Crippen LogP contribution >= 0.6 is 0 Å². The van der Waals surface area contributed by atoms with Crippen molar-refractivity contribution in [1.82, 2.24) is 0 Å². The fourth-order valence-electron chi connectivity index (χ4n) is 1.82. The van der Waals surface area contributed by atoms with E-state index < -0.39 is 11.5 Å². The predicted octanol–water partition coefficient (Wildman–Crippen LogP) is 1.14. The van der Waals surface area contributed by atoms with E-state index in [4.69, 9.17) is 11.5 Å². The van der Waals surface area contributed by atoms with Gasteiger partial charge >= 0.3 is 5.97 Å². The third-order valence-electron chi connectivity index (χ3n) is 2.87. The smallest absolute Gasteiger partial charge is 0.324 e. The summed E-state index contributed by atoms with van der Waals surface area (Å²) in [7, 11) is 0. The zero-order valence-corrected chi connectivity index (χ0v) is 9.93. The van der Waals surface area contributed by atoms with Gasteiger partial charge in [0.25, 0.3) is 0 Å². The van der Waals surface area contributed by atoms with E-state index in [1.54, 1.807) is 0 Å². The molecule has 17 heavy (non-hydrogen) atoms. The quantitative estimate of drug-likeness (QED) is 0.619. The second kappa shape index (κ2) is 6.37. The van der Waals surface area contributed by atoms with Crippen molar-refractivity contribution < 1.29 is 9.90 Å². The molecule has 0 fully saturated rings. The summed E-state index contributed by atoms with van der Waals surface area (Å²) in [6, 6.07) is 9.47. The van der Waals surface area contributed by atoms with Crippen LogP contribution in [0.1, 0.15) is 24.8 Å². The lowest BCUT2D eigenvalue weighted by Crippen LogP contribution is -2.50. The highest BCUT2D eigenvalue weighted by Gasteiger charge is 2.33. The van der Waals surface area contributed by atoms with Gasteiger partial charge in [-0.15, -0.1) is 0 Å². The zero-order valence-electron chi connectivity index (χ0n) is 9.93. The van der Waals surface area contributed by atoms with Gasteiger partial charge < -0.3 is 16.6 Å². The van der Waals surface area contributed by atoms with Crippen molar-refractivity contribution in [3.63, 3.8) is 0 Å². The monoisotopic (exact) mass is 236 g/mol. The number of carbonyl (C=O) groups is 1. The van der Waals surface area contributed by atoms with Crippen LogP contribution in [0.4, 0.5) is 0 Å². The molecule has 4 heteroatoms. The van der Waals surface area contributed by atoms with E-state index in [0.717, 1.165) is 18.4 Å². The van der Waals surface area contributed by atoms with Gasteiger partial charge in [-0.1, -0.05) is 30.3 Å². The maximum absolute atomic E-state index is 11.3. The molecular formula is C13H20N2O2. The van der Waals surface area contributed by atoms with Crippen LogP contribution in [0.2, 0.25) is 0 Å². The van der Waals surface area contributed by atoms with Gasteiger partial charge in [-0.05, 0) is 31.4 Å². The Morgan fingerprint density at radius 3 is 2.41 bits per heavy atom. The fourth-order valence-corrected chi connectivity index (χ4v) is 1.82. The Kier molecular flexibility index (Phi) is 5.12. The number of carboxylic acid groups (broad SMARTS) is 1. The van der Waals surface area contributed by atoms with Gasteiger partial charge in [0.1, 0.15) is 5.54 Å². The lowest BCUT2D eigenvalue weighted by atomic mass is 9.87. The van der Waals surface area contributed by atoms with E-state index in [0.29, 0.717) is 19.4 Å². The highest BCUT2D eigenvalue weighted by atomic mass is 16.4. The molecule has 0 heterocycles. The summed E-state index contributed by atoms with van der Waals surface area (Å²) in [4.78, 5) is 11.3. The lowest BCUT2D eigenvalue weighted by Gasteiger charge is -2.24. The number of aliphatic carboxylic acids is 1. The summed E-state index contributed by atoms with van der Waals surface area (Å²) in [6.45, 7) is 0.570. The minimum absolute atomic E-state index is 0.355. The molecule has 0 bridgehead atoms. The molecule has 0 saturated carbocycles. The van der Waals surface area contributed by atoms with Crippen LogP contribution in [0.3, 0.4) is 0 Å². The number of hydrogen-bond acceptors (Lipinski definition) is 3. The predicted molar refractivity (Wildman–Crippen MR) is 67.6 cm³/mol. The third kappa shape index (κ3) is 4.17. The van der Waals surface area contributed by atoms with Crippen molar-refractivity contribution in [2.75, 3.05) is 6.54 Å². The van der Waals surface area contributed by atoms with Crippen LogP contribution in [-0.2, 0) is 11.2 Å². The molecule has 0 aliphatic rings. The molecule has 0 amide bonds. The molecule has 1 rings (SSSR count). The summed E-state index contributed by atoms with van der Waals surface area (Å²) in [5.74, 6) is -0.946. The Labute approximate surface area is 102 Å². The number of nitrogens with two attached hydrogens (primary N) is 2. The molecule has 0 aliphatic carbocycles. The molecule has 0 spiro atoms. The van der Waals surface area contributed by atoms with E-state index >= 15 is 0 Å². The summed E-state index contributed by atoms with van der Waals surface area (Å²) in [5, 5.41) is 9.24. The first-order chi connectivity index (χ1) is 8.08. The van der Waals surface area contributed by atoms with E-state index in [-0.39, 0.29) is 0 Å². The highest BCUT2D eigenvalue weighted by molar-refractivity contribution is 5.78. The summed E-state index contributed by atoms with van der Waals surface area (Å²) < 4.78 is 0. The molecule has 0 radical (unpaired) electrons. The average molecular weight is 236 g/mol. The van der Waals surface area contributed by atoms with Crippen molar-refractivity contribution in [3.8, 4) is 0 Å². The standard InChI is InChI=1S/C13H20N2O2/c14-9-5-4-8-13(15,12(16)17)10-11-6-2-1-3-7-11/h1-3,6-7H,4-5,8-10,14-15H2,(H,16,17). The molecule has 1 unspecified atom stereocenters. The Balaban J connectivity index is 2.68. The van der Waals surface area contributed by atoms with Crippen LogP contribution < -0.4 is 11.5 Å². The maximum Gasteiger partial charge on any atom is 0.324 e. The molecule has 0 saturated heterocycles. The Hall–Kier alpha value is -1.39. The molecular weight excluding hydrogens is 216 g/mol. The second-order valence-corrected chi connectivity index (χ2v) is 4.37. The van der Waals surface area contributed by atoms with E-state index in [1.807, 2.05) is 30.3 Å². The Bertz CT molecular complexity index is 354. The topological polar surface area (TPSA) is 89.3 Å². The van der Waals surface area contributed by atoms with E-state index in [2.05, 4.69) is 0 Å². The first-order valence-electron chi connectivity index (χ1n) is 5.85. The number of unbranched alkanes of at least 4 members (excludes halogenated alkanes) is 1. The van der Waals surface area contributed by atoms with Crippen LogP contribution in [0.15, 0.2) is 30.3 Å². The summed E-state index contributed by atoms with van der Waals surface area (Å²) in [6.07, 6.45) is 2.36. The van der Waals surface area contributed by atoms with Crippen LogP contribution in [0.25, 0.3) is 0 Å². The molecule has 5 N–H and O–H groups in total.